The summed E-state index contributed by atoms with van der Waals surface area (Å²) in [5.41, 5.74) is 1.82. The first-order chi connectivity index (χ1) is 10.8. The molecule has 6 heteroatoms. The molecule has 0 aliphatic carbocycles. The van der Waals surface area contributed by atoms with Crippen LogP contribution >= 0.6 is 0 Å². The number of carbonyl (C=O) groups excluding carboxylic acids is 1. The summed E-state index contributed by atoms with van der Waals surface area (Å²) in [4.78, 5) is 12.3. The molecule has 0 saturated carbocycles. The highest BCUT2D eigenvalue weighted by Gasteiger charge is 2.29. The maximum atomic E-state index is 12.3. The predicted molar refractivity (Wildman–Crippen MR) is 77.6 cm³/mol. The Morgan fingerprint density at radius 2 is 2.27 bits per heavy atom. The van der Waals surface area contributed by atoms with Gasteiger partial charge in [-0.25, -0.2) is 0 Å². The Kier molecular flexibility index (Phi) is 3.31. The molecule has 4 rings (SSSR count). The highest BCUT2D eigenvalue weighted by Crippen LogP contribution is 2.38. The van der Waals surface area contributed by atoms with Crippen LogP contribution in [-0.4, -0.2) is 30.3 Å². The number of nitrogens with one attached hydrogen (secondary N) is 1. The van der Waals surface area contributed by atoms with Crippen molar-refractivity contribution in [3.8, 4) is 17.1 Å². The van der Waals surface area contributed by atoms with Gasteiger partial charge in [0.25, 0.3) is 5.91 Å². The average molecular weight is 300 g/mol. The molecule has 1 aromatic heterocycles. The van der Waals surface area contributed by atoms with E-state index < -0.39 is 0 Å². The van der Waals surface area contributed by atoms with Gasteiger partial charge >= 0.3 is 0 Å². The number of hydrogen-bond donors (Lipinski definition) is 1. The van der Waals surface area contributed by atoms with Crippen molar-refractivity contribution >= 4 is 5.91 Å². The van der Waals surface area contributed by atoms with Crippen LogP contribution in [0.5, 0.6) is 5.75 Å². The minimum atomic E-state index is -0.247. The van der Waals surface area contributed by atoms with E-state index in [9.17, 15) is 4.79 Å². The Morgan fingerprint density at radius 3 is 3.14 bits per heavy atom. The smallest absolute Gasteiger partial charge is 0.274 e. The van der Waals surface area contributed by atoms with Gasteiger partial charge in [0.05, 0.1) is 17.2 Å². The van der Waals surface area contributed by atoms with Crippen molar-refractivity contribution < 1.29 is 18.8 Å². The van der Waals surface area contributed by atoms with Gasteiger partial charge in [-0.1, -0.05) is 17.3 Å². The minimum absolute atomic E-state index is 0.101. The van der Waals surface area contributed by atoms with Crippen molar-refractivity contribution in [1.29, 1.82) is 0 Å². The lowest BCUT2D eigenvalue weighted by Crippen LogP contribution is -2.32. The molecule has 0 radical (unpaired) electrons. The van der Waals surface area contributed by atoms with E-state index in [1.807, 2.05) is 24.3 Å². The van der Waals surface area contributed by atoms with Crippen LogP contribution < -0.4 is 10.1 Å². The van der Waals surface area contributed by atoms with E-state index in [1.165, 1.54) is 0 Å². The van der Waals surface area contributed by atoms with Crippen LogP contribution in [0.3, 0.4) is 0 Å². The molecule has 2 aliphatic rings. The molecule has 0 bridgehead atoms. The van der Waals surface area contributed by atoms with Gasteiger partial charge in [0.1, 0.15) is 12.4 Å². The maximum absolute atomic E-state index is 12.3. The second-order valence-electron chi connectivity index (χ2n) is 5.47. The zero-order valence-corrected chi connectivity index (χ0v) is 12.0. The summed E-state index contributed by atoms with van der Waals surface area (Å²) in [5, 5.41) is 6.79. The number of ether oxygens (including phenoxy) is 2. The summed E-state index contributed by atoms with van der Waals surface area (Å²) >= 11 is 0. The van der Waals surface area contributed by atoms with Crippen LogP contribution in [0.2, 0.25) is 0 Å². The van der Waals surface area contributed by atoms with Gasteiger partial charge in [0.15, 0.2) is 11.5 Å². The van der Waals surface area contributed by atoms with Gasteiger partial charge in [-0.2, -0.15) is 0 Å². The summed E-state index contributed by atoms with van der Waals surface area (Å²) in [6, 6.07) is 7.57. The molecule has 1 saturated heterocycles. The third-order valence-electron chi connectivity index (χ3n) is 4.02. The van der Waals surface area contributed by atoms with Crippen LogP contribution in [-0.2, 0) is 11.3 Å². The number of para-hydroxylation sites is 1. The maximum Gasteiger partial charge on any atom is 0.274 e. The molecule has 2 aliphatic heterocycles. The number of carbonyl (C=O) groups is 1. The van der Waals surface area contributed by atoms with Crippen molar-refractivity contribution in [2.24, 2.45) is 0 Å². The first-order valence-electron chi connectivity index (χ1n) is 7.43. The molecular weight excluding hydrogens is 284 g/mol. The van der Waals surface area contributed by atoms with Crippen LogP contribution in [0, 0.1) is 0 Å². The van der Waals surface area contributed by atoms with Crippen molar-refractivity contribution in [3.63, 3.8) is 0 Å². The zero-order valence-electron chi connectivity index (χ0n) is 12.0. The normalized spacial score (nSPS) is 19.2. The van der Waals surface area contributed by atoms with E-state index in [4.69, 9.17) is 14.0 Å². The molecule has 0 spiro atoms. The van der Waals surface area contributed by atoms with Crippen molar-refractivity contribution in [2.75, 3.05) is 13.2 Å². The van der Waals surface area contributed by atoms with Crippen molar-refractivity contribution in [2.45, 2.75) is 25.6 Å². The van der Waals surface area contributed by atoms with Crippen molar-refractivity contribution in [3.05, 3.63) is 35.5 Å². The largest absolute Gasteiger partial charge is 0.488 e. The molecule has 1 atom stereocenters. The molecule has 1 N–H and O–H groups in total. The third-order valence-corrected chi connectivity index (χ3v) is 4.02. The van der Waals surface area contributed by atoms with Gasteiger partial charge in [-0.05, 0) is 25.0 Å². The molecular formula is C16H16N2O4. The first-order valence-corrected chi connectivity index (χ1v) is 7.43. The number of amides is 1. The molecule has 114 valence electrons. The molecule has 3 heterocycles. The minimum Gasteiger partial charge on any atom is -0.488 e. The zero-order chi connectivity index (χ0) is 14.9. The summed E-state index contributed by atoms with van der Waals surface area (Å²) in [6.45, 7) is 1.56. The Balaban J connectivity index is 1.55. The Hall–Kier alpha value is -2.34. The van der Waals surface area contributed by atoms with Crippen LogP contribution in [0.15, 0.2) is 28.8 Å². The molecule has 1 aromatic carbocycles. The number of rotatable bonds is 3. The lowest BCUT2D eigenvalue weighted by molar-refractivity contribution is 0.0849. The highest BCUT2D eigenvalue weighted by atomic mass is 16.5. The van der Waals surface area contributed by atoms with E-state index >= 15 is 0 Å². The summed E-state index contributed by atoms with van der Waals surface area (Å²) in [6.07, 6.45) is 2.13. The SMILES string of the molecule is O=C(NC[C@H]1CCCO1)c1noc2c1COc1ccccc1-2. The fourth-order valence-corrected chi connectivity index (χ4v) is 2.86. The quantitative estimate of drug-likeness (QED) is 0.940. The van der Waals surface area contributed by atoms with Gasteiger partial charge in [-0.15, -0.1) is 0 Å². The van der Waals surface area contributed by atoms with Crippen LogP contribution in [0.4, 0.5) is 0 Å². The van der Waals surface area contributed by atoms with Crippen LogP contribution in [0.1, 0.15) is 28.9 Å². The predicted octanol–water partition coefficient (Wildman–Crippen LogP) is 2.14. The molecule has 1 fully saturated rings. The van der Waals surface area contributed by atoms with E-state index in [1.54, 1.807) is 0 Å². The third kappa shape index (κ3) is 2.25. The van der Waals surface area contributed by atoms with E-state index in [0.29, 0.717) is 30.2 Å². The highest BCUT2D eigenvalue weighted by molar-refractivity contribution is 5.95. The Bertz CT molecular complexity index is 704. The Morgan fingerprint density at radius 1 is 1.36 bits per heavy atom. The average Bonchev–Trinajstić information content (AvgIpc) is 3.22. The monoisotopic (exact) mass is 300 g/mol. The summed E-state index contributed by atoms with van der Waals surface area (Å²) < 4.78 is 16.6. The van der Waals surface area contributed by atoms with Gasteiger partial charge in [0, 0.05) is 13.2 Å². The van der Waals surface area contributed by atoms with Gasteiger partial charge in [0.2, 0.25) is 0 Å². The molecule has 1 amide bonds. The Labute approximate surface area is 127 Å². The van der Waals surface area contributed by atoms with Crippen molar-refractivity contribution in [1.82, 2.24) is 10.5 Å². The lowest BCUT2D eigenvalue weighted by Gasteiger charge is -2.16. The number of benzene rings is 1. The van der Waals surface area contributed by atoms with E-state index in [2.05, 4.69) is 10.5 Å². The fourth-order valence-electron chi connectivity index (χ4n) is 2.86. The van der Waals surface area contributed by atoms with E-state index in [-0.39, 0.29) is 12.0 Å². The number of nitrogens with zero attached hydrogens (tertiary/aromatic N) is 1. The number of aromatic nitrogens is 1. The topological polar surface area (TPSA) is 73.6 Å². The second-order valence-corrected chi connectivity index (χ2v) is 5.47. The second kappa shape index (κ2) is 5.46. The summed E-state index contributed by atoms with van der Waals surface area (Å²) in [5.74, 6) is 1.12. The number of fused-ring (bicyclic) bond motifs is 3. The molecule has 22 heavy (non-hydrogen) atoms. The molecule has 6 nitrogen and oxygen atoms in total. The van der Waals surface area contributed by atoms with Gasteiger partial charge in [-0.3, -0.25) is 4.79 Å². The first kappa shape index (κ1) is 13.3. The molecule has 0 unspecified atom stereocenters. The fraction of sp³-hybridized carbons (Fsp3) is 0.375. The number of hydrogen-bond acceptors (Lipinski definition) is 5. The van der Waals surface area contributed by atoms with Crippen LogP contribution in [0.25, 0.3) is 11.3 Å². The van der Waals surface area contributed by atoms with Gasteiger partial charge < -0.3 is 19.3 Å². The standard InChI is InChI=1S/C16H16N2O4/c19-16(17-8-10-4-3-7-20-10)14-12-9-21-13-6-2-1-5-11(13)15(12)22-18-14/h1-2,5-6,10H,3-4,7-9H2,(H,17,19)/t10-/m1/s1. The lowest BCUT2D eigenvalue weighted by atomic mass is 10.0. The molecule has 2 aromatic rings. The van der Waals surface area contributed by atoms with E-state index in [0.717, 1.165) is 30.8 Å². The summed E-state index contributed by atoms with van der Waals surface area (Å²) in [7, 11) is 0.